The van der Waals surface area contributed by atoms with Crippen LogP contribution in [0.25, 0.3) is 11.3 Å². The smallest absolute Gasteiger partial charge is 0.361 e. The third-order valence-corrected chi connectivity index (χ3v) is 2.66. The molecule has 1 aromatic carbocycles. The number of carbonyl (C=O) groups excluding carboxylic acids is 1. The number of aromatic amines is 1. The maximum Gasteiger partial charge on any atom is 0.361 e. The van der Waals surface area contributed by atoms with Crippen LogP contribution in [0.3, 0.4) is 0 Å². The highest BCUT2D eigenvalue weighted by molar-refractivity contribution is 5.95. The van der Waals surface area contributed by atoms with E-state index < -0.39 is 28.0 Å². The van der Waals surface area contributed by atoms with Gasteiger partial charge >= 0.3 is 5.97 Å². The summed E-state index contributed by atoms with van der Waals surface area (Å²) in [4.78, 5) is 22.1. The summed E-state index contributed by atoms with van der Waals surface area (Å²) in [6.45, 7) is 3.20. The standard InChI is InChI=1S/C12H11FN4O4/c1-3-21-12(18)11-10(14-16-15-11)9-7(13)4-6(2)5-8(9)17(19)20/h4-5H,3H2,1-2H3,(H,14,15,16). The SMILES string of the molecule is CCOC(=O)c1n[nH]nc1-c1c(F)cc(C)cc1[N+](=O)[O-]. The van der Waals surface area contributed by atoms with E-state index >= 15 is 0 Å². The fourth-order valence-corrected chi connectivity index (χ4v) is 1.85. The molecule has 2 aromatic rings. The molecule has 0 aliphatic heterocycles. The number of nitro groups is 1. The lowest BCUT2D eigenvalue weighted by molar-refractivity contribution is -0.384. The van der Waals surface area contributed by atoms with Gasteiger partial charge in [0.25, 0.3) is 5.69 Å². The molecule has 0 saturated heterocycles. The second-order valence-electron chi connectivity index (χ2n) is 4.14. The van der Waals surface area contributed by atoms with Crippen molar-refractivity contribution < 1.29 is 18.8 Å². The van der Waals surface area contributed by atoms with Gasteiger partial charge in [-0.15, -0.1) is 5.10 Å². The summed E-state index contributed by atoms with van der Waals surface area (Å²) >= 11 is 0. The van der Waals surface area contributed by atoms with Gasteiger partial charge in [0.15, 0.2) is 5.69 Å². The van der Waals surface area contributed by atoms with Crippen molar-refractivity contribution in [1.29, 1.82) is 0 Å². The average molecular weight is 294 g/mol. The molecule has 9 heteroatoms. The zero-order valence-electron chi connectivity index (χ0n) is 11.2. The topological polar surface area (TPSA) is 111 Å². The number of esters is 1. The molecule has 0 spiro atoms. The van der Waals surface area contributed by atoms with Gasteiger partial charge in [-0.3, -0.25) is 10.1 Å². The van der Waals surface area contributed by atoms with E-state index in [1.165, 1.54) is 13.0 Å². The predicted molar refractivity (Wildman–Crippen MR) is 69.1 cm³/mol. The Bertz CT molecular complexity index is 713. The molecule has 21 heavy (non-hydrogen) atoms. The summed E-state index contributed by atoms with van der Waals surface area (Å²) in [5, 5.41) is 20.5. The normalized spacial score (nSPS) is 10.4. The molecule has 110 valence electrons. The number of hydrogen-bond donors (Lipinski definition) is 1. The van der Waals surface area contributed by atoms with Crippen LogP contribution in [0.1, 0.15) is 23.0 Å². The minimum atomic E-state index is -0.860. The molecule has 0 amide bonds. The summed E-state index contributed by atoms with van der Waals surface area (Å²) in [5.74, 6) is -1.70. The van der Waals surface area contributed by atoms with Crippen LogP contribution in [-0.2, 0) is 4.74 Å². The van der Waals surface area contributed by atoms with Crippen LogP contribution >= 0.6 is 0 Å². The molecule has 1 heterocycles. The van der Waals surface area contributed by atoms with Gasteiger partial charge in [-0.1, -0.05) is 0 Å². The predicted octanol–water partition coefficient (Wildman–Crippen LogP) is 2.00. The Hall–Kier alpha value is -2.84. The monoisotopic (exact) mass is 294 g/mol. The highest BCUT2D eigenvalue weighted by Crippen LogP contribution is 2.33. The van der Waals surface area contributed by atoms with E-state index in [0.717, 1.165) is 6.07 Å². The Labute approximate surface area is 118 Å². The highest BCUT2D eigenvalue weighted by atomic mass is 19.1. The first-order valence-corrected chi connectivity index (χ1v) is 5.98. The Morgan fingerprint density at radius 1 is 1.48 bits per heavy atom. The first kappa shape index (κ1) is 14.6. The molecule has 1 aromatic heterocycles. The number of benzene rings is 1. The van der Waals surface area contributed by atoms with E-state index in [9.17, 15) is 19.3 Å². The zero-order valence-corrected chi connectivity index (χ0v) is 11.2. The molecule has 1 N–H and O–H groups in total. The van der Waals surface area contributed by atoms with E-state index in [1.54, 1.807) is 6.92 Å². The third kappa shape index (κ3) is 2.71. The minimum Gasteiger partial charge on any atom is -0.461 e. The third-order valence-electron chi connectivity index (χ3n) is 2.66. The minimum absolute atomic E-state index is 0.0869. The zero-order chi connectivity index (χ0) is 15.6. The number of nitrogens with one attached hydrogen (secondary N) is 1. The number of hydrogen-bond acceptors (Lipinski definition) is 6. The lowest BCUT2D eigenvalue weighted by atomic mass is 10.0. The van der Waals surface area contributed by atoms with Gasteiger partial charge in [0.2, 0.25) is 0 Å². The molecule has 0 saturated carbocycles. The fourth-order valence-electron chi connectivity index (χ4n) is 1.85. The van der Waals surface area contributed by atoms with Crippen molar-refractivity contribution in [3.8, 4) is 11.3 Å². The summed E-state index contributed by atoms with van der Waals surface area (Å²) in [6, 6.07) is 2.31. The quantitative estimate of drug-likeness (QED) is 0.524. The summed E-state index contributed by atoms with van der Waals surface area (Å²) in [5.41, 5.74) is -1.07. The molecule has 0 aliphatic rings. The lowest BCUT2D eigenvalue weighted by Gasteiger charge is -2.05. The Morgan fingerprint density at radius 3 is 2.81 bits per heavy atom. The number of carbonyl (C=O) groups is 1. The Morgan fingerprint density at radius 2 is 2.19 bits per heavy atom. The van der Waals surface area contributed by atoms with Crippen molar-refractivity contribution in [2.24, 2.45) is 0 Å². The van der Waals surface area contributed by atoms with Gasteiger partial charge in [0.1, 0.15) is 17.1 Å². The van der Waals surface area contributed by atoms with Gasteiger partial charge in [-0.25, -0.2) is 9.18 Å². The van der Waals surface area contributed by atoms with E-state index in [1.807, 2.05) is 0 Å². The largest absolute Gasteiger partial charge is 0.461 e. The molecule has 2 rings (SSSR count). The molecule has 0 radical (unpaired) electrons. The number of aryl methyl sites for hydroxylation is 1. The molecular formula is C12H11FN4O4. The van der Waals surface area contributed by atoms with Gasteiger partial charge in [-0.2, -0.15) is 10.3 Å². The second-order valence-corrected chi connectivity index (χ2v) is 4.14. The summed E-state index contributed by atoms with van der Waals surface area (Å²) < 4.78 is 18.9. The highest BCUT2D eigenvalue weighted by Gasteiger charge is 2.28. The van der Waals surface area contributed by atoms with Crippen LogP contribution < -0.4 is 0 Å². The molecule has 0 unspecified atom stereocenters. The lowest BCUT2D eigenvalue weighted by Crippen LogP contribution is -2.08. The summed E-state index contributed by atoms with van der Waals surface area (Å²) in [7, 11) is 0. The van der Waals surface area contributed by atoms with Crippen LogP contribution in [0.2, 0.25) is 0 Å². The van der Waals surface area contributed by atoms with E-state index in [0.29, 0.717) is 5.56 Å². The number of nitrogens with zero attached hydrogens (tertiary/aromatic N) is 3. The van der Waals surface area contributed by atoms with Crippen molar-refractivity contribution in [2.75, 3.05) is 6.61 Å². The van der Waals surface area contributed by atoms with Crippen LogP contribution in [-0.4, -0.2) is 32.9 Å². The van der Waals surface area contributed by atoms with Crippen molar-refractivity contribution in [3.05, 3.63) is 39.3 Å². The van der Waals surface area contributed by atoms with Crippen molar-refractivity contribution >= 4 is 11.7 Å². The van der Waals surface area contributed by atoms with E-state index in [2.05, 4.69) is 15.4 Å². The van der Waals surface area contributed by atoms with Crippen LogP contribution in [0.4, 0.5) is 10.1 Å². The fraction of sp³-hybridized carbons (Fsp3) is 0.250. The molecular weight excluding hydrogens is 283 g/mol. The molecule has 0 fully saturated rings. The van der Waals surface area contributed by atoms with Crippen LogP contribution in [0.5, 0.6) is 0 Å². The van der Waals surface area contributed by atoms with Crippen molar-refractivity contribution in [2.45, 2.75) is 13.8 Å². The second kappa shape index (κ2) is 5.65. The molecule has 8 nitrogen and oxygen atoms in total. The van der Waals surface area contributed by atoms with Gasteiger partial charge in [0.05, 0.1) is 11.5 Å². The number of rotatable bonds is 4. The number of H-pyrrole nitrogens is 1. The van der Waals surface area contributed by atoms with Crippen LogP contribution in [0.15, 0.2) is 12.1 Å². The summed E-state index contributed by atoms with van der Waals surface area (Å²) in [6.07, 6.45) is 0. The average Bonchev–Trinajstić information content (AvgIpc) is 2.86. The van der Waals surface area contributed by atoms with Gasteiger partial charge in [0, 0.05) is 6.07 Å². The van der Waals surface area contributed by atoms with Crippen molar-refractivity contribution in [3.63, 3.8) is 0 Å². The van der Waals surface area contributed by atoms with Gasteiger partial charge < -0.3 is 4.74 Å². The van der Waals surface area contributed by atoms with E-state index in [-0.39, 0.29) is 18.0 Å². The first-order valence-electron chi connectivity index (χ1n) is 5.98. The Balaban J connectivity index is 2.66. The first-order chi connectivity index (χ1) is 9.95. The van der Waals surface area contributed by atoms with Crippen LogP contribution in [0, 0.1) is 22.9 Å². The Kier molecular flexibility index (Phi) is 3.92. The molecule has 0 aliphatic carbocycles. The maximum atomic E-state index is 14.1. The number of aromatic nitrogens is 3. The van der Waals surface area contributed by atoms with Gasteiger partial charge in [-0.05, 0) is 25.5 Å². The number of ether oxygens (including phenoxy) is 1. The maximum absolute atomic E-state index is 14.1. The molecule has 0 bridgehead atoms. The number of halogens is 1. The van der Waals surface area contributed by atoms with E-state index in [4.69, 9.17) is 4.74 Å². The number of nitro benzene ring substituents is 1. The molecule has 0 atom stereocenters. The van der Waals surface area contributed by atoms with Crippen molar-refractivity contribution in [1.82, 2.24) is 15.4 Å².